The maximum atomic E-state index is 11.6. The van der Waals surface area contributed by atoms with Crippen LogP contribution in [0.5, 0.6) is 0 Å². The van der Waals surface area contributed by atoms with Crippen LogP contribution >= 0.6 is 0 Å². The highest BCUT2D eigenvalue weighted by Crippen LogP contribution is 2.08. The van der Waals surface area contributed by atoms with Crippen molar-refractivity contribution < 1.29 is 9.00 Å². The molecule has 0 unspecified atom stereocenters. The molecular weight excluding hydrogens is 234 g/mol. The van der Waals surface area contributed by atoms with Crippen LogP contribution in [0.15, 0.2) is 36.4 Å². The van der Waals surface area contributed by atoms with Gasteiger partial charge < -0.3 is 0 Å². The number of nitrogens with one attached hydrogen (secondary N) is 1. The first-order valence-electron chi connectivity index (χ1n) is 5.35. The Morgan fingerprint density at radius 3 is 2.35 bits per heavy atom. The average molecular weight is 251 g/mol. The average Bonchev–Trinajstić information content (AvgIpc) is 2.26. The zero-order valence-electron chi connectivity index (χ0n) is 10.3. The molecule has 3 nitrogen and oxygen atoms in total. The van der Waals surface area contributed by atoms with Crippen molar-refractivity contribution in [1.29, 1.82) is 0 Å². The summed E-state index contributed by atoms with van der Waals surface area (Å²) in [6.07, 6.45) is 3.08. The van der Waals surface area contributed by atoms with Crippen LogP contribution in [0.3, 0.4) is 0 Å². The lowest BCUT2D eigenvalue weighted by Crippen LogP contribution is -2.36. The van der Waals surface area contributed by atoms with Gasteiger partial charge in [0.05, 0.1) is 4.75 Å². The monoisotopic (exact) mass is 251 g/mol. The molecule has 0 radical (unpaired) electrons. The van der Waals surface area contributed by atoms with Gasteiger partial charge in [0.2, 0.25) is 0 Å². The molecule has 1 atom stereocenters. The lowest BCUT2D eigenvalue weighted by molar-refractivity contribution is -0.114. The fourth-order valence-electron chi connectivity index (χ4n) is 1.01. The first-order valence-corrected chi connectivity index (χ1v) is 6.50. The lowest BCUT2D eigenvalue weighted by Gasteiger charge is -2.16. The Morgan fingerprint density at radius 1 is 1.24 bits per heavy atom. The third-order valence-corrected chi connectivity index (χ3v) is 3.48. The number of carbonyl (C=O) groups is 1. The van der Waals surface area contributed by atoms with E-state index in [0.29, 0.717) is 0 Å². The summed E-state index contributed by atoms with van der Waals surface area (Å²) in [5.41, 5.74) is 0.934. The van der Waals surface area contributed by atoms with E-state index in [4.69, 9.17) is 0 Å². The van der Waals surface area contributed by atoms with E-state index in [1.807, 2.05) is 51.1 Å². The fraction of sp³-hybridized carbons (Fsp3) is 0.308. The van der Waals surface area contributed by atoms with Crippen molar-refractivity contribution in [2.45, 2.75) is 25.5 Å². The minimum Gasteiger partial charge on any atom is -0.271 e. The molecule has 1 rings (SSSR count). The first kappa shape index (κ1) is 13.6. The molecule has 17 heavy (non-hydrogen) atoms. The van der Waals surface area contributed by atoms with Gasteiger partial charge in [-0.25, -0.2) is 4.21 Å². The van der Waals surface area contributed by atoms with Crippen molar-refractivity contribution in [2.24, 2.45) is 0 Å². The van der Waals surface area contributed by atoms with Gasteiger partial charge in [-0.3, -0.25) is 9.52 Å². The molecule has 1 amide bonds. The van der Waals surface area contributed by atoms with Gasteiger partial charge >= 0.3 is 0 Å². The maximum absolute atomic E-state index is 11.6. The van der Waals surface area contributed by atoms with Crippen LogP contribution in [0, 0.1) is 0 Å². The molecule has 0 aliphatic carbocycles. The fourth-order valence-corrected chi connectivity index (χ4v) is 1.57. The van der Waals surface area contributed by atoms with Gasteiger partial charge in [-0.1, -0.05) is 30.3 Å². The minimum absolute atomic E-state index is 0.345. The summed E-state index contributed by atoms with van der Waals surface area (Å²) in [5, 5.41) is 0. The van der Waals surface area contributed by atoms with E-state index in [0.717, 1.165) is 5.56 Å². The highest BCUT2D eigenvalue weighted by atomic mass is 32.2. The summed E-state index contributed by atoms with van der Waals surface area (Å²) < 4.78 is 13.6. The van der Waals surface area contributed by atoms with Crippen molar-refractivity contribution in [1.82, 2.24) is 4.72 Å². The molecule has 0 aliphatic rings. The Bertz CT molecular complexity index is 432. The number of hydrogen-bond donors (Lipinski definition) is 1. The van der Waals surface area contributed by atoms with Gasteiger partial charge in [0.15, 0.2) is 0 Å². The summed E-state index contributed by atoms with van der Waals surface area (Å²) in [5.74, 6) is -0.345. The van der Waals surface area contributed by atoms with E-state index in [1.54, 1.807) is 6.08 Å². The van der Waals surface area contributed by atoms with Crippen LogP contribution in [0.1, 0.15) is 26.3 Å². The van der Waals surface area contributed by atoms with E-state index >= 15 is 0 Å². The third-order valence-electron chi connectivity index (χ3n) is 1.98. The maximum Gasteiger partial charge on any atom is 0.255 e. The molecule has 0 heterocycles. The van der Waals surface area contributed by atoms with Gasteiger partial charge in [0.1, 0.15) is 11.0 Å². The smallest absolute Gasteiger partial charge is 0.255 e. The van der Waals surface area contributed by atoms with Gasteiger partial charge in [-0.05, 0) is 32.4 Å². The van der Waals surface area contributed by atoms with Crippen molar-refractivity contribution in [2.75, 3.05) is 0 Å². The molecule has 4 heteroatoms. The van der Waals surface area contributed by atoms with Crippen LogP contribution in [0.2, 0.25) is 0 Å². The zero-order chi connectivity index (χ0) is 12.9. The van der Waals surface area contributed by atoms with Crippen LogP contribution < -0.4 is 4.72 Å². The molecule has 1 N–H and O–H groups in total. The largest absolute Gasteiger partial charge is 0.271 e. The summed E-state index contributed by atoms with van der Waals surface area (Å²) in [7, 11) is -1.38. The second kappa shape index (κ2) is 5.77. The number of benzene rings is 1. The molecular formula is C13H17NO2S. The van der Waals surface area contributed by atoms with E-state index in [2.05, 4.69) is 4.72 Å². The second-order valence-corrected chi connectivity index (χ2v) is 6.56. The number of rotatable bonds is 3. The van der Waals surface area contributed by atoms with E-state index < -0.39 is 15.7 Å². The van der Waals surface area contributed by atoms with E-state index in [9.17, 15) is 9.00 Å². The van der Waals surface area contributed by atoms with Crippen LogP contribution in [0.4, 0.5) is 0 Å². The minimum atomic E-state index is -1.38. The summed E-state index contributed by atoms with van der Waals surface area (Å²) >= 11 is 0. The summed E-state index contributed by atoms with van der Waals surface area (Å²) in [4.78, 5) is 11.5. The van der Waals surface area contributed by atoms with Crippen LogP contribution in [-0.2, 0) is 15.8 Å². The Kier molecular flexibility index (Phi) is 4.63. The van der Waals surface area contributed by atoms with Crippen molar-refractivity contribution in [3.63, 3.8) is 0 Å². The second-order valence-electron chi connectivity index (χ2n) is 4.59. The standard InChI is InChI=1S/C13H17NO2S/c1-13(2,3)17(16)14-12(15)10-9-11-7-5-4-6-8-11/h4-10H,1-3H3,(H,14,15)/t17-/m0/s1. The molecule has 0 saturated carbocycles. The van der Waals surface area contributed by atoms with Crippen molar-refractivity contribution >= 4 is 23.0 Å². The zero-order valence-corrected chi connectivity index (χ0v) is 11.1. The Balaban J connectivity index is 2.57. The van der Waals surface area contributed by atoms with Gasteiger partial charge in [0.25, 0.3) is 5.91 Å². The number of amides is 1. The van der Waals surface area contributed by atoms with Crippen molar-refractivity contribution in [3.05, 3.63) is 42.0 Å². The Hall–Kier alpha value is -1.42. The highest BCUT2D eigenvalue weighted by Gasteiger charge is 2.20. The summed E-state index contributed by atoms with van der Waals surface area (Å²) in [6, 6.07) is 9.48. The molecule has 1 aromatic carbocycles. The molecule has 92 valence electrons. The molecule has 0 fully saturated rings. The first-order chi connectivity index (χ1) is 7.89. The number of hydrogen-bond acceptors (Lipinski definition) is 2. The Labute approximate surface area is 105 Å². The molecule has 1 aromatic rings. The van der Waals surface area contributed by atoms with Gasteiger partial charge in [0, 0.05) is 6.08 Å². The molecule has 0 aromatic heterocycles. The van der Waals surface area contributed by atoms with Crippen LogP contribution in [-0.4, -0.2) is 14.9 Å². The number of carbonyl (C=O) groups excluding carboxylic acids is 1. The predicted octanol–water partition coefficient (Wildman–Crippen LogP) is 2.28. The van der Waals surface area contributed by atoms with E-state index in [1.165, 1.54) is 6.08 Å². The molecule has 0 saturated heterocycles. The van der Waals surface area contributed by atoms with Gasteiger partial charge in [-0.2, -0.15) is 0 Å². The third kappa shape index (κ3) is 4.95. The quantitative estimate of drug-likeness (QED) is 0.838. The van der Waals surface area contributed by atoms with Crippen molar-refractivity contribution in [3.8, 4) is 0 Å². The van der Waals surface area contributed by atoms with Gasteiger partial charge in [-0.15, -0.1) is 0 Å². The lowest BCUT2D eigenvalue weighted by atomic mass is 10.2. The van der Waals surface area contributed by atoms with E-state index in [-0.39, 0.29) is 5.91 Å². The van der Waals surface area contributed by atoms with Crippen LogP contribution in [0.25, 0.3) is 6.08 Å². The molecule has 0 bridgehead atoms. The molecule has 0 aliphatic heterocycles. The molecule has 0 spiro atoms. The summed E-state index contributed by atoms with van der Waals surface area (Å²) in [6.45, 7) is 5.43. The predicted molar refractivity (Wildman–Crippen MR) is 71.5 cm³/mol. The normalized spacial score (nSPS) is 13.6. The Morgan fingerprint density at radius 2 is 1.82 bits per heavy atom. The highest BCUT2D eigenvalue weighted by molar-refractivity contribution is 7.85. The topological polar surface area (TPSA) is 46.2 Å². The SMILES string of the molecule is CC(C)(C)[S@](=O)NC(=O)C=Cc1ccccc1.